The maximum absolute atomic E-state index is 5.78. The van der Waals surface area contributed by atoms with E-state index >= 15 is 0 Å². The molecule has 1 aromatic heterocycles. The number of thiazole rings is 1. The molecule has 5 nitrogen and oxygen atoms in total. The number of ether oxygens (including phenoxy) is 1. The fraction of sp³-hybridized carbons (Fsp3) is 0.778. The smallest absolute Gasteiger partial charge is 0.191 e. The third-order valence-electron chi connectivity index (χ3n) is 3.86. The van der Waals surface area contributed by atoms with E-state index in [-0.39, 0.29) is 6.10 Å². The lowest BCUT2D eigenvalue weighted by atomic mass is 10.0. The maximum atomic E-state index is 5.78. The molecule has 1 unspecified atom stereocenters. The quantitative estimate of drug-likeness (QED) is 0.500. The van der Waals surface area contributed by atoms with Gasteiger partial charge in [0.25, 0.3) is 0 Å². The molecule has 0 spiro atoms. The Morgan fingerprint density at radius 1 is 1.25 bits per heavy atom. The van der Waals surface area contributed by atoms with E-state index in [0.29, 0.717) is 5.92 Å². The molecule has 24 heavy (non-hydrogen) atoms. The van der Waals surface area contributed by atoms with Crippen LogP contribution < -0.4 is 10.6 Å². The van der Waals surface area contributed by atoms with Crippen LogP contribution in [0.15, 0.2) is 4.99 Å². The molecule has 0 radical (unpaired) electrons. The fourth-order valence-electron chi connectivity index (χ4n) is 2.40. The van der Waals surface area contributed by atoms with Crippen LogP contribution in [0, 0.1) is 19.8 Å². The molecule has 0 aliphatic heterocycles. The van der Waals surface area contributed by atoms with Crippen molar-refractivity contribution in [1.82, 2.24) is 15.6 Å². The Hall–Kier alpha value is -1.14. The molecule has 2 N–H and O–H groups in total. The first-order valence-electron chi connectivity index (χ1n) is 9.04. The summed E-state index contributed by atoms with van der Waals surface area (Å²) < 4.78 is 5.78. The van der Waals surface area contributed by atoms with E-state index < -0.39 is 0 Å². The Bertz CT molecular complexity index is 480. The zero-order chi connectivity index (χ0) is 17.9. The van der Waals surface area contributed by atoms with Crippen LogP contribution in [0.1, 0.15) is 49.7 Å². The Balaban J connectivity index is 2.44. The number of aliphatic imine (C=N–C) groups is 1. The van der Waals surface area contributed by atoms with Gasteiger partial charge in [-0.15, -0.1) is 11.3 Å². The van der Waals surface area contributed by atoms with Gasteiger partial charge >= 0.3 is 0 Å². The number of rotatable bonds is 10. The van der Waals surface area contributed by atoms with E-state index in [9.17, 15) is 0 Å². The summed E-state index contributed by atoms with van der Waals surface area (Å²) in [6.45, 7) is 16.0. The molecule has 1 aromatic rings. The van der Waals surface area contributed by atoms with Gasteiger partial charge < -0.3 is 15.4 Å². The molecular weight excluding hydrogens is 320 g/mol. The van der Waals surface area contributed by atoms with E-state index in [4.69, 9.17) is 4.74 Å². The highest BCUT2D eigenvalue weighted by molar-refractivity contribution is 7.11. The largest absolute Gasteiger partial charge is 0.378 e. The Morgan fingerprint density at radius 3 is 2.54 bits per heavy atom. The predicted molar refractivity (Wildman–Crippen MR) is 104 cm³/mol. The van der Waals surface area contributed by atoms with Gasteiger partial charge in [0.2, 0.25) is 0 Å². The minimum absolute atomic E-state index is 0.280. The van der Waals surface area contributed by atoms with Crippen molar-refractivity contribution in [3.05, 3.63) is 15.6 Å². The molecule has 1 heterocycles. The van der Waals surface area contributed by atoms with E-state index in [0.717, 1.165) is 50.7 Å². The molecule has 0 bridgehead atoms. The molecule has 0 fully saturated rings. The molecule has 0 saturated carbocycles. The first-order chi connectivity index (χ1) is 11.5. The van der Waals surface area contributed by atoms with Gasteiger partial charge in [-0.3, -0.25) is 4.99 Å². The van der Waals surface area contributed by atoms with Gasteiger partial charge in [0.1, 0.15) is 0 Å². The summed E-state index contributed by atoms with van der Waals surface area (Å²) in [5.41, 5.74) is 1.14. The summed E-state index contributed by atoms with van der Waals surface area (Å²) >= 11 is 1.78. The van der Waals surface area contributed by atoms with Crippen LogP contribution in [-0.2, 0) is 11.2 Å². The first-order valence-corrected chi connectivity index (χ1v) is 9.86. The minimum atomic E-state index is 0.280. The second-order valence-electron chi connectivity index (χ2n) is 6.21. The van der Waals surface area contributed by atoms with Gasteiger partial charge in [0, 0.05) is 37.5 Å². The molecular formula is C18H34N4OS. The molecule has 138 valence electrons. The highest BCUT2D eigenvalue weighted by Crippen LogP contribution is 2.16. The molecule has 0 aliphatic carbocycles. The van der Waals surface area contributed by atoms with Crippen molar-refractivity contribution in [2.45, 2.75) is 60.5 Å². The molecule has 1 atom stereocenters. The summed E-state index contributed by atoms with van der Waals surface area (Å²) in [4.78, 5) is 10.6. The van der Waals surface area contributed by atoms with E-state index in [2.05, 4.69) is 55.2 Å². The zero-order valence-electron chi connectivity index (χ0n) is 16.1. The Kier molecular flexibility index (Phi) is 9.95. The van der Waals surface area contributed by atoms with Crippen molar-refractivity contribution in [2.24, 2.45) is 10.9 Å². The van der Waals surface area contributed by atoms with Crippen molar-refractivity contribution in [3.63, 3.8) is 0 Å². The molecule has 6 heteroatoms. The van der Waals surface area contributed by atoms with Crippen LogP contribution in [0.4, 0.5) is 0 Å². The number of hydrogen-bond acceptors (Lipinski definition) is 4. The highest BCUT2D eigenvalue weighted by atomic mass is 32.1. The Labute approximate surface area is 151 Å². The van der Waals surface area contributed by atoms with Crippen LogP contribution in [0.2, 0.25) is 0 Å². The summed E-state index contributed by atoms with van der Waals surface area (Å²) in [5.74, 6) is 1.40. The minimum Gasteiger partial charge on any atom is -0.378 e. The summed E-state index contributed by atoms with van der Waals surface area (Å²) in [6, 6.07) is 0. The van der Waals surface area contributed by atoms with Gasteiger partial charge in [0.15, 0.2) is 5.96 Å². The number of nitrogens with one attached hydrogen (secondary N) is 2. The molecule has 1 rings (SSSR count). The lowest BCUT2D eigenvalue weighted by Crippen LogP contribution is -2.38. The van der Waals surface area contributed by atoms with Gasteiger partial charge in [-0.1, -0.05) is 13.8 Å². The fourth-order valence-corrected chi connectivity index (χ4v) is 3.34. The van der Waals surface area contributed by atoms with E-state index in [1.165, 1.54) is 9.88 Å². The monoisotopic (exact) mass is 354 g/mol. The molecule has 0 aromatic carbocycles. The standard InChI is InChI=1S/C18H34N4OS/c1-7-19-18(20-11-9-16(13(3)4)23-8-2)21-12-10-17-22-14(5)15(6)24-17/h13,16H,7-12H2,1-6H3,(H2,19,20,21). The van der Waals surface area contributed by atoms with Crippen molar-refractivity contribution >= 4 is 17.3 Å². The molecule has 0 aliphatic rings. The van der Waals surface area contributed by atoms with Crippen LogP contribution >= 0.6 is 11.3 Å². The van der Waals surface area contributed by atoms with Crippen LogP contribution in [0.25, 0.3) is 0 Å². The number of nitrogens with zero attached hydrogens (tertiary/aromatic N) is 2. The number of hydrogen-bond donors (Lipinski definition) is 2. The topological polar surface area (TPSA) is 58.5 Å². The van der Waals surface area contributed by atoms with Gasteiger partial charge in [-0.05, 0) is 40.0 Å². The van der Waals surface area contributed by atoms with Crippen LogP contribution in [0.3, 0.4) is 0 Å². The first kappa shape index (κ1) is 20.9. The third-order valence-corrected chi connectivity index (χ3v) is 4.99. The number of aromatic nitrogens is 1. The summed E-state index contributed by atoms with van der Waals surface area (Å²) in [6.07, 6.45) is 2.16. The third kappa shape index (κ3) is 7.62. The predicted octanol–water partition coefficient (Wildman–Crippen LogP) is 3.31. The molecule has 0 saturated heterocycles. The lowest BCUT2D eigenvalue weighted by molar-refractivity contribution is 0.0266. The van der Waals surface area contributed by atoms with Crippen molar-refractivity contribution in [1.29, 1.82) is 0 Å². The number of aryl methyl sites for hydroxylation is 2. The van der Waals surface area contributed by atoms with Crippen molar-refractivity contribution < 1.29 is 4.74 Å². The summed E-state index contributed by atoms with van der Waals surface area (Å²) in [7, 11) is 0. The SMILES string of the molecule is CCNC(=NCCC(OCC)C(C)C)NCCc1nc(C)c(C)s1. The Morgan fingerprint density at radius 2 is 2.00 bits per heavy atom. The zero-order valence-corrected chi connectivity index (χ0v) is 16.9. The van der Waals surface area contributed by atoms with Crippen molar-refractivity contribution in [2.75, 3.05) is 26.2 Å². The van der Waals surface area contributed by atoms with Gasteiger partial charge in [-0.2, -0.15) is 0 Å². The molecule has 0 amide bonds. The van der Waals surface area contributed by atoms with Crippen LogP contribution in [-0.4, -0.2) is 43.3 Å². The normalized spacial score (nSPS) is 13.4. The summed E-state index contributed by atoms with van der Waals surface area (Å²) in [5, 5.41) is 7.88. The number of guanidine groups is 1. The second-order valence-corrected chi connectivity index (χ2v) is 7.50. The maximum Gasteiger partial charge on any atom is 0.191 e. The average molecular weight is 355 g/mol. The average Bonchev–Trinajstić information content (AvgIpc) is 2.84. The second kappa shape index (κ2) is 11.4. The van der Waals surface area contributed by atoms with E-state index in [1.807, 2.05) is 6.92 Å². The highest BCUT2D eigenvalue weighted by Gasteiger charge is 2.12. The van der Waals surface area contributed by atoms with Gasteiger partial charge in [-0.25, -0.2) is 4.98 Å². The van der Waals surface area contributed by atoms with E-state index in [1.54, 1.807) is 11.3 Å². The van der Waals surface area contributed by atoms with Crippen LogP contribution in [0.5, 0.6) is 0 Å². The van der Waals surface area contributed by atoms with Gasteiger partial charge in [0.05, 0.1) is 16.8 Å². The van der Waals surface area contributed by atoms with Crippen molar-refractivity contribution in [3.8, 4) is 0 Å². The lowest BCUT2D eigenvalue weighted by Gasteiger charge is -2.20.